The van der Waals surface area contributed by atoms with Gasteiger partial charge in [0.1, 0.15) is 5.82 Å². The fourth-order valence-electron chi connectivity index (χ4n) is 1.22. The highest BCUT2D eigenvalue weighted by Gasteiger charge is 2.23. The van der Waals surface area contributed by atoms with Crippen LogP contribution in [0.3, 0.4) is 0 Å². The van der Waals surface area contributed by atoms with E-state index in [0.29, 0.717) is 5.69 Å². The minimum Gasteiger partial charge on any atom is -0.465 e. The van der Waals surface area contributed by atoms with Gasteiger partial charge in [-0.2, -0.15) is 0 Å². The van der Waals surface area contributed by atoms with Gasteiger partial charge in [0.05, 0.1) is 18.2 Å². The molecule has 0 radical (unpaired) electrons. The Morgan fingerprint density at radius 3 is 2.67 bits per heavy atom. The number of nitrogens with two attached hydrogens (primary N) is 1. The van der Waals surface area contributed by atoms with Gasteiger partial charge in [0.25, 0.3) is 6.43 Å². The van der Waals surface area contributed by atoms with Gasteiger partial charge in [-0.3, -0.25) is 0 Å². The molecule has 0 aromatic carbocycles. The molecule has 1 aromatic heterocycles. The average molecular weight is 216 g/mol. The third-order valence-corrected chi connectivity index (χ3v) is 1.84. The maximum Gasteiger partial charge on any atom is 0.338 e. The van der Waals surface area contributed by atoms with E-state index < -0.39 is 18.0 Å². The van der Waals surface area contributed by atoms with Crippen molar-refractivity contribution in [2.75, 3.05) is 12.8 Å². The zero-order chi connectivity index (χ0) is 11.6. The third kappa shape index (κ3) is 2.20. The number of alkyl halides is 2. The van der Waals surface area contributed by atoms with Crippen molar-refractivity contribution in [3.05, 3.63) is 22.9 Å². The predicted molar refractivity (Wildman–Crippen MR) is 49.7 cm³/mol. The van der Waals surface area contributed by atoms with Gasteiger partial charge in [0, 0.05) is 5.69 Å². The van der Waals surface area contributed by atoms with E-state index in [1.807, 2.05) is 0 Å². The molecule has 0 saturated carbocycles. The number of nitrogens with zero attached hydrogens (tertiary/aromatic N) is 1. The van der Waals surface area contributed by atoms with Crippen LogP contribution >= 0.6 is 0 Å². The molecule has 0 fully saturated rings. The number of pyridine rings is 1. The topological polar surface area (TPSA) is 65.2 Å². The molecule has 0 bridgehead atoms. The van der Waals surface area contributed by atoms with Crippen molar-refractivity contribution < 1.29 is 18.3 Å². The van der Waals surface area contributed by atoms with Crippen molar-refractivity contribution in [3.63, 3.8) is 0 Å². The van der Waals surface area contributed by atoms with Gasteiger partial charge >= 0.3 is 5.97 Å². The van der Waals surface area contributed by atoms with Crippen molar-refractivity contribution >= 4 is 11.8 Å². The standard InChI is InChI=1S/C9H10F2N2O2/c1-4-3-5(9(14)15-2)6(7(10)11)8(12)13-4/h3,7H,1-2H3,(H2,12,13). The lowest BCUT2D eigenvalue weighted by molar-refractivity contribution is 0.0589. The molecule has 0 aliphatic rings. The van der Waals surface area contributed by atoms with Crippen molar-refractivity contribution in [3.8, 4) is 0 Å². The third-order valence-electron chi connectivity index (χ3n) is 1.84. The fraction of sp³-hybridized carbons (Fsp3) is 0.333. The first kappa shape index (κ1) is 11.4. The summed E-state index contributed by atoms with van der Waals surface area (Å²) in [5, 5.41) is 0. The number of nitrogen functional groups attached to an aromatic ring is 1. The van der Waals surface area contributed by atoms with Gasteiger partial charge in [0.15, 0.2) is 0 Å². The lowest BCUT2D eigenvalue weighted by Gasteiger charge is -2.10. The molecule has 82 valence electrons. The Morgan fingerprint density at radius 1 is 1.60 bits per heavy atom. The highest BCUT2D eigenvalue weighted by Crippen LogP contribution is 2.28. The van der Waals surface area contributed by atoms with E-state index in [1.165, 1.54) is 6.07 Å². The lowest BCUT2D eigenvalue weighted by Crippen LogP contribution is -2.11. The number of hydrogen-bond donors (Lipinski definition) is 1. The van der Waals surface area contributed by atoms with Crippen LogP contribution in [-0.4, -0.2) is 18.1 Å². The maximum atomic E-state index is 12.6. The van der Waals surface area contributed by atoms with Gasteiger partial charge in [-0.15, -0.1) is 0 Å². The molecule has 0 amide bonds. The average Bonchev–Trinajstić information content (AvgIpc) is 2.14. The number of methoxy groups -OCH3 is 1. The SMILES string of the molecule is COC(=O)c1cc(C)nc(N)c1C(F)F. The Hall–Kier alpha value is -1.72. The summed E-state index contributed by atoms with van der Waals surface area (Å²) in [6, 6.07) is 1.23. The number of halogens is 2. The Bertz CT molecular complexity index is 394. The number of ether oxygens (including phenoxy) is 1. The van der Waals surface area contributed by atoms with Crippen LogP contribution in [0.2, 0.25) is 0 Å². The molecule has 2 N–H and O–H groups in total. The summed E-state index contributed by atoms with van der Waals surface area (Å²) in [5.41, 5.74) is 4.89. The predicted octanol–water partition coefficient (Wildman–Crippen LogP) is 1.70. The number of anilines is 1. The molecule has 1 heterocycles. The summed E-state index contributed by atoms with van der Waals surface area (Å²) in [4.78, 5) is 14.9. The molecular formula is C9H10F2N2O2. The van der Waals surface area contributed by atoms with Gasteiger partial charge in [0.2, 0.25) is 0 Å². The fourth-order valence-corrected chi connectivity index (χ4v) is 1.22. The van der Waals surface area contributed by atoms with Crippen molar-refractivity contribution in [2.45, 2.75) is 13.3 Å². The van der Waals surface area contributed by atoms with Crippen LogP contribution in [0.1, 0.15) is 28.0 Å². The van der Waals surface area contributed by atoms with Gasteiger partial charge in [-0.25, -0.2) is 18.6 Å². The first-order chi connectivity index (χ1) is 6.97. The number of hydrogen-bond acceptors (Lipinski definition) is 4. The molecule has 0 atom stereocenters. The Morgan fingerprint density at radius 2 is 2.20 bits per heavy atom. The second-order valence-electron chi connectivity index (χ2n) is 2.90. The minimum atomic E-state index is -2.85. The molecular weight excluding hydrogens is 206 g/mol. The molecule has 0 aliphatic carbocycles. The van der Waals surface area contributed by atoms with Crippen molar-refractivity contribution in [1.29, 1.82) is 0 Å². The highest BCUT2D eigenvalue weighted by atomic mass is 19.3. The van der Waals surface area contributed by atoms with E-state index >= 15 is 0 Å². The maximum absolute atomic E-state index is 12.6. The lowest BCUT2D eigenvalue weighted by atomic mass is 10.1. The molecule has 1 aromatic rings. The number of rotatable bonds is 2. The zero-order valence-corrected chi connectivity index (χ0v) is 8.25. The van der Waals surface area contributed by atoms with E-state index in [4.69, 9.17) is 5.73 Å². The van der Waals surface area contributed by atoms with E-state index in [2.05, 4.69) is 9.72 Å². The summed E-state index contributed by atoms with van der Waals surface area (Å²) < 4.78 is 29.6. The van der Waals surface area contributed by atoms with E-state index in [-0.39, 0.29) is 11.4 Å². The number of aromatic nitrogens is 1. The molecule has 1 rings (SSSR count). The van der Waals surface area contributed by atoms with Crippen LogP contribution in [0.15, 0.2) is 6.07 Å². The van der Waals surface area contributed by atoms with Crippen LogP contribution in [0.5, 0.6) is 0 Å². The Labute approximate surface area is 85.1 Å². The monoisotopic (exact) mass is 216 g/mol. The summed E-state index contributed by atoms with van der Waals surface area (Å²) >= 11 is 0. The molecule has 15 heavy (non-hydrogen) atoms. The summed E-state index contributed by atoms with van der Waals surface area (Å²) in [6.07, 6.45) is -2.85. The van der Waals surface area contributed by atoms with Crippen LogP contribution in [0, 0.1) is 6.92 Å². The van der Waals surface area contributed by atoms with E-state index in [0.717, 1.165) is 7.11 Å². The quantitative estimate of drug-likeness (QED) is 0.764. The number of aryl methyl sites for hydroxylation is 1. The summed E-state index contributed by atoms with van der Waals surface area (Å²) in [5.74, 6) is -1.19. The Balaban J connectivity index is 3.40. The van der Waals surface area contributed by atoms with Crippen LogP contribution in [-0.2, 0) is 4.74 Å². The van der Waals surface area contributed by atoms with Gasteiger partial charge < -0.3 is 10.5 Å². The smallest absolute Gasteiger partial charge is 0.338 e. The molecule has 0 spiro atoms. The summed E-state index contributed by atoms with van der Waals surface area (Å²) in [7, 11) is 1.11. The molecule has 6 heteroatoms. The van der Waals surface area contributed by atoms with Gasteiger partial charge in [-0.1, -0.05) is 0 Å². The number of esters is 1. The summed E-state index contributed by atoms with van der Waals surface area (Å²) in [6.45, 7) is 1.55. The largest absolute Gasteiger partial charge is 0.465 e. The van der Waals surface area contributed by atoms with E-state index in [1.54, 1.807) is 6.92 Å². The van der Waals surface area contributed by atoms with Crippen LogP contribution in [0.25, 0.3) is 0 Å². The second kappa shape index (κ2) is 4.20. The second-order valence-corrected chi connectivity index (χ2v) is 2.90. The molecule has 0 unspecified atom stereocenters. The molecule has 0 aliphatic heterocycles. The van der Waals surface area contributed by atoms with Gasteiger partial charge in [-0.05, 0) is 13.0 Å². The number of carbonyl (C=O) groups excluding carboxylic acids is 1. The van der Waals surface area contributed by atoms with Crippen molar-refractivity contribution in [1.82, 2.24) is 4.98 Å². The van der Waals surface area contributed by atoms with Crippen LogP contribution < -0.4 is 5.73 Å². The molecule has 0 saturated heterocycles. The number of carbonyl (C=O) groups is 1. The molecule has 4 nitrogen and oxygen atoms in total. The minimum absolute atomic E-state index is 0.238. The Kier molecular flexibility index (Phi) is 3.18. The first-order valence-corrected chi connectivity index (χ1v) is 4.10. The van der Waals surface area contributed by atoms with E-state index in [9.17, 15) is 13.6 Å². The van der Waals surface area contributed by atoms with Crippen molar-refractivity contribution in [2.24, 2.45) is 0 Å². The highest BCUT2D eigenvalue weighted by molar-refractivity contribution is 5.92. The van der Waals surface area contributed by atoms with Crippen LogP contribution in [0.4, 0.5) is 14.6 Å². The normalized spacial score (nSPS) is 10.5. The zero-order valence-electron chi connectivity index (χ0n) is 8.25. The first-order valence-electron chi connectivity index (χ1n) is 4.10.